The molecule has 1 saturated heterocycles. The van der Waals surface area contributed by atoms with Crippen LogP contribution >= 0.6 is 0 Å². The van der Waals surface area contributed by atoms with E-state index in [0.29, 0.717) is 39.1 Å². The maximum Gasteiger partial charge on any atom is 0.224 e. The summed E-state index contributed by atoms with van der Waals surface area (Å²) in [5, 5.41) is 0. The number of carbonyl (C=O) groups excluding carboxylic acids is 3. The van der Waals surface area contributed by atoms with Gasteiger partial charge in [-0.15, -0.1) is 0 Å². The molecule has 0 saturated carbocycles. The highest BCUT2D eigenvalue weighted by atomic mass is 16.2. The molecule has 1 rings (SSSR count). The lowest BCUT2D eigenvalue weighted by atomic mass is 10.2. The molecular formula is C16H29N3O3. The van der Waals surface area contributed by atoms with Crippen molar-refractivity contribution in [3.63, 3.8) is 0 Å². The van der Waals surface area contributed by atoms with Crippen LogP contribution < -0.4 is 0 Å². The van der Waals surface area contributed by atoms with Crippen molar-refractivity contribution < 1.29 is 14.4 Å². The standard InChI is InChI=1S/C16H29N3O3/c1-4-5-6-8-17(14(2)20)9-7-16(22)19-12-10-18(11-13-19)15(3)21/h4-13H2,1-3H3. The average molecular weight is 311 g/mol. The number of hydrogen-bond acceptors (Lipinski definition) is 3. The Morgan fingerprint density at radius 3 is 2.00 bits per heavy atom. The summed E-state index contributed by atoms with van der Waals surface area (Å²) in [6.45, 7) is 8.85. The molecule has 3 amide bonds. The second-order valence-corrected chi connectivity index (χ2v) is 5.85. The molecule has 0 unspecified atom stereocenters. The zero-order valence-corrected chi connectivity index (χ0v) is 14.1. The van der Waals surface area contributed by atoms with Crippen molar-refractivity contribution in [3.05, 3.63) is 0 Å². The molecule has 6 heteroatoms. The van der Waals surface area contributed by atoms with Crippen molar-refractivity contribution in [1.29, 1.82) is 0 Å². The first kappa shape index (κ1) is 18.5. The Hall–Kier alpha value is -1.59. The minimum Gasteiger partial charge on any atom is -0.342 e. The third-order valence-electron chi connectivity index (χ3n) is 4.15. The minimum atomic E-state index is 0.0327. The van der Waals surface area contributed by atoms with Crippen LogP contribution in [0.3, 0.4) is 0 Å². The van der Waals surface area contributed by atoms with Crippen molar-refractivity contribution in [1.82, 2.24) is 14.7 Å². The van der Waals surface area contributed by atoms with Crippen molar-refractivity contribution in [2.75, 3.05) is 39.3 Å². The van der Waals surface area contributed by atoms with Gasteiger partial charge in [0.05, 0.1) is 0 Å². The lowest BCUT2D eigenvalue weighted by Gasteiger charge is -2.34. The summed E-state index contributed by atoms with van der Waals surface area (Å²) in [7, 11) is 0. The summed E-state index contributed by atoms with van der Waals surface area (Å²) < 4.78 is 0. The monoisotopic (exact) mass is 311 g/mol. The van der Waals surface area contributed by atoms with Gasteiger partial charge in [0.2, 0.25) is 17.7 Å². The van der Waals surface area contributed by atoms with Gasteiger partial charge in [0.25, 0.3) is 0 Å². The predicted molar refractivity (Wildman–Crippen MR) is 85.2 cm³/mol. The normalized spacial score (nSPS) is 14.9. The SMILES string of the molecule is CCCCCN(CCC(=O)N1CCN(C(C)=O)CC1)C(C)=O. The lowest BCUT2D eigenvalue weighted by molar-refractivity contribution is -0.139. The number of unbranched alkanes of at least 4 members (excludes halogenated alkanes) is 2. The molecule has 126 valence electrons. The third kappa shape index (κ3) is 6.03. The van der Waals surface area contributed by atoms with Crippen LogP contribution in [-0.4, -0.2) is 71.7 Å². The summed E-state index contributed by atoms with van der Waals surface area (Å²) in [5.74, 6) is 0.168. The summed E-state index contributed by atoms with van der Waals surface area (Å²) >= 11 is 0. The van der Waals surface area contributed by atoms with E-state index in [0.717, 1.165) is 25.8 Å². The minimum absolute atomic E-state index is 0.0327. The third-order valence-corrected chi connectivity index (χ3v) is 4.15. The van der Waals surface area contributed by atoms with Gasteiger partial charge in [0.15, 0.2) is 0 Å². The van der Waals surface area contributed by atoms with E-state index >= 15 is 0 Å². The summed E-state index contributed by atoms with van der Waals surface area (Å²) in [4.78, 5) is 40.4. The van der Waals surface area contributed by atoms with Crippen LogP contribution in [0.2, 0.25) is 0 Å². The molecule has 0 aliphatic carbocycles. The number of nitrogens with zero attached hydrogens (tertiary/aromatic N) is 3. The smallest absolute Gasteiger partial charge is 0.224 e. The fraction of sp³-hybridized carbons (Fsp3) is 0.812. The first-order valence-corrected chi connectivity index (χ1v) is 8.24. The van der Waals surface area contributed by atoms with E-state index in [1.807, 2.05) is 0 Å². The van der Waals surface area contributed by atoms with Gasteiger partial charge in [-0.2, -0.15) is 0 Å². The molecule has 1 aliphatic rings. The molecule has 22 heavy (non-hydrogen) atoms. The number of hydrogen-bond donors (Lipinski definition) is 0. The Morgan fingerprint density at radius 2 is 1.50 bits per heavy atom. The summed E-state index contributed by atoms with van der Waals surface area (Å²) in [5.41, 5.74) is 0. The van der Waals surface area contributed by atoms with Crippen LogP contribution in [0.4, 0.5) is 0 Å². The first-order valence-electron chi connectivity index (χ1n) is 8.24. The molecule has 0 aromatic heterocycles. The van der Waals surface area contributed by atoms with E-state index in [1.54, 1.807) is 28.5 Å². The molecule has 0 bridgehead atoms. The van der Waals surface area contributed by atoms with Crippen LogP contribution in [-0.2, 0) is 14.4 Å². The van der Waals surface area contributed by atoms with Gasteiger partial charge in [-0.3, -0.25) is 14.4 Å². The average Bonchev–Trinajstić information content (AvgIpc) is 2.50. The molecular weight excluding hydrogens is 282 g/mol. The van der Waals surface area contributed by atoms with Gasteiger partial charge >= 0.3 is 0 Å². The zero-order valence-electron chi connectivity index (χ0n) is 14.1. The Bertz CT molecular complexity index is 390. The molecule has 1 aliphatic heterocycles. The van der Waals surface area contributed by atoms with Crippen molar-refractivity contribution in [2.24, 2.45) is 0 Å². The van der Waals surface area contributed by atoms with Gasteiger partial charge in [0, 0.05) is 59.5 Å². The molecule has 6 nitrogen and oxygen atoms in total. The second kappa shape index (κ2) is 9.43. The molecule has 0 N–H and O–H groups in total. The Labute approximate surface area is 133 Å². The van der Waals surface area contributed by atoms with Gasteiger partial charge in [-0.05, 0) is 6.42 Å². The lowest BCUT2D eigenvalue weighted by Crippen LogP contribution is -2.50. The molecule has 0 radical (unpaired) electrons. The van der Waals surface area contributed by atoms with Gasteiger partial charge in [0.1, 0.15) is 0 Å². The van der Waals surface area contributed by atoms with E-state index in [1.165, 1.54) is 0 Å². The highest BCUT2D eigenvalue weighted by molar-refractivity contribution is 5.79. The highest BCUT2D eigenvalue weighted by Gasteiger charge is 2.22. The van der Waals surface area contributed by atoms with Crippen molar-refractivity contribution in [3.8, 4) is 0 Å². The van der Waals surface area contributed by atoms with E-state index < -0.39 is 0 Å². The molecule has 0 atom stereocenters. The van der Waals surface area contributed by atoms with Crippen molar-refractivity contribution in [2.45, 2.75) is 46.5 Å². The first-order chi connectivity index (χ1) is 10.5. The number of amides is 3. The quantitative estimate of drug-likeness (QED) is 0.662. The van der Waals surface area contributed by atoms with E-state index in [-0.39, 0.29) is 17.7 Å². The molecule has 0 aromatic rings. The number of carbonyl (C=O) groups is 3. The highest BCUT2D eigenvalue weighted by Crippen LogP contribution is 2.06. The molecule has 0 aromatic carbocycles. The Kier molecular flexibility index (Phi) is 7.91. The maximum absolute atomic E-state index is 12.2. The van der Waals surface area contributed by atoms with Crippen LogP contribution in [0, 0.1) is 0 Å². The van der Waals surface area contributed by atoms with Gasteiger partial charge in [-0.25, -0.2) is 0 Å². The van der Waals surface area contributed by atoms with Crippen LogP contribution in [0.1, 0.15) is 46.5 Å². The molecule has 1 heterocycles. The summed E-state index contributed by atoms with van der Waals surface area (Å²) in [6.07, 6.45) is 3.57. The maximum atomic E-state index is 12.2. The number of piperazine rings is 1. The predicted octanol–water partition coefficient (Wildman–Crippen LogP) is 1.11. The van der Waals surface area contributed by atoms with E-state index in [9.17, 15) is 14.4 Å². The van der Waals surface area contributed by atoms with E-state index in [4.69, 9.17) is 0 Å². The molecule has 0 spiro atoms. The fourth-order valence-corrected chi connectivity index (χ4v) is 2.64. The Balaban J connectivity index is 2.34. The molecule has 1 fully saturated rings. The van der Waals surface area contributed by atoms with Crippen molar-refractivity contribution >= 4 is 17.7 Å². The fourth-order valence-electron chi connectivity index (χ4n) is 2.64. The Morgan fingerprint density at radius 1 is 0.909 bits per heavy atom. The second-order valence-electron chi connectivity index (χ2n) is 5.85. The number of rotatable bonds is 7. The van der Waals surface area contributed by atoms with Gasteiger partial charge in [-0.1, -0.05) is 19.8 Å². The van der Waals surface area contributed by atoms with Crippen LogP contribution in [0.25, 0.3) is 0 Å². The van der Waals surface area contributed by atoms with Gasteiger partial charge < -0.3 is 14.7 Å². The van der Waals surface area contributed by atoms with E-state index in [2.05, 4.69) is 6.92 Å². The summed E-state index contributed by atoms with van der Waals surface area (Å²) in [6, 6.07) is 0. The topological polar surface area (TPSA) is 60.9 Å². The zero-order chi connectivity index (χ0) is 16.5. The van der Waals surface area contributed by atoms with Crippen LogP contribution in [0.5, 0.6) is 0 Å². The van der Waals surface area contributed by atoms with Crippen LogP contribution in [0.15, 0.2) is 0 Å². The largest absolute Gasteiger partial charge is 0.342 e.